The molecule has 1 aromatic rings. The van der Waals surface area contributed by atoms with E-state index < -0.39 is 0 Å². The quantitative estimate of drug-likeness (QED) is 0.150. The molecule has 1 atom stereocenters. The second-order valence-corrected chi connectivity index (χ2v) is 11.1. The number of ether oxygens (including phenoxy) is 1. The third-order valence-corrected chi connectivity index (χ3v) is 7.80. The molecule has 0 aliphatic rings. The number of phenols is 1. The van der Waals surface area contributed by atoms with E-state index in [9.17, 15) is 9.90 Å². The van der Waals surface area contributed by atoms with E-state index in [-0.39, 0.29) is 17.0 Å². The molecule has 0 aliphatic heterocycles. The topological polar surface area (TPSA) is 46.5 Å². The molecule has 4 heteroatoms. The molecule has 0 aromatic heterocycles. The van der Waals surface area contributed by atoms with Crippen molar-refractivity contribution in [2.45, 2.75) is 142 Å². The van der Waals surface area contributed by atoms with Gasteiger partial charge in [-0.2, -0.15) is 0 Å². The Morgan fingerprint density at radius 1 is 0.771 bits per heavy atom. The third-order valence-electron chi connectivity index (χ3n) is 6.82. The lowest BCUT2D eigenvalue weighted by Gasteiger charge is -2.16. The zero-order valence-corrected chi connectivity index (χ0v) is 23.9. The number of aromatic hydroxyl groups is 1. The molecule has 3 nitrogen and oxygen atoms in total. The first-order valence-electron chi connectivity index (χ1n) is 14.7. The number of phenolic OH excluding ortho intramolecular Hbond substituents is 1. The van der Waals surface area contributed by atoms with Crippen molar-refractivity contribution in [3.8, 4) is 5.75 Å². The number of hydrogen-bond acceptors (Lipinski definition) is 4. The first kappa shape index (κ1) is 32.0. The number of benzene rings is 1. The smallest absolute Gasteiger partial charge is 0.223 e. The summed E-state index contributed by atoms with van der Waals surface area (Å²) in [5.41, 5.74) is 1.12. The van der Waals surface area contributed by atoms with E-state index in [1.54, 1.807) is 6.07 Å². The average Bonchev–Trinajstić information content (AvgIpc) is 2.86. The number of rotatable bonds is 23. The Kier molecular flexibility index (Phi) is 20.3. The summed E-state index contributed by atoms with van der Waals surface area (Å²) in [6, 6.07) is 5.42. The Morgan fingerprint density at radius 3 is 1.77 bits per heavy atom. The summed E-state index contributed by atoms with van der Waals surface area (Å²) >= 11 is 1.29. The third kappa shape index (κ3) is 15.7. The van der Waals surface area contributed by atoms with Crippen LogP contribution in [0.15, 0.2) is 18.2 Å². The number of para-hydroxylation sites is 1. The van der Waals surface area contributed by atoms with Crippen LogP contribution in [-0.2, 0) is 4.74 Å². The van der Waals surface area contributed by atoms with E-state index in [2.05, 4.69) is 13.8 Å². The lowest BCUT2D eigenvalue weighted by Crippen LogP contribution is -2.05. The highest BCUT2D eigenvalue weighted by Gasteiger charge is 2.18. The predicted octanol–water partition coefficient (Wildman–Crippen LogP) is 10.4. The van der Waals surface area contributed by atoms with Crippen molar-refractivity contribution in [1.82, 2.24) is 0 Å². The van der Waals surface area contributed by atoms with E-state index in [1.165, 1.54) is 108 Å². The van der Waals surface area contributed by atoms with Gasteiger partial charge in [-0.15, -0.1) is 0 Å². The standard InChI is InChI=1S/C31H54O3S/c1-4-6-8-9-10-11-12-13-14-15-16-17-18-19-20-21-25-34-27(3)28-23-22-24-29(30(28)32)31(33)35-26-7-5-2/h22-24,27,32H,4-21,25-26H2,1-3H3/t27-/m0/s1. The van der Waals surface area contributed by atoms with Gasteiger partial charge >= 0.3 is 0 Å². The van der Waals surface area contributed by atoms with Gasteiger partial charge in [0.1, 0.15) is 5.75 Å². The van der Waals surface area contributed by atoms with Crippen molar-refractivity contribution >= 4 is 16.9 Å². The second-order valence-electron chi connectivity index (χ2n) is 10.0. The normalized spacial score (nSPS) is 12.2. The predicted molar refractivity (Wildman–Crippen MR) is 154 cm³/mol. The van der Waals surface area contributed by atoms with Crippen molar-refractivity contribution in [3.63, 3.8) is 0 Å². The van der Waals surface area contributed by atoms with E-state index in [4.69, 9.17) is 4.74 Å². The van der Waals surface area contributed by atoms with Crippen molar-refractivity contribution in [2.75, 3.05) is 12.4 Å². The van der Waals surface area contributed by atoms with E-state index in [1.807, 2.05) is 19.1 Å². The Hall–Kier alpha value is -1.00. The Bertz CT molecular complexity index is 646. The van der Waals surface area contributed by atoms with Crippen LogP contribution in [0.2, 0.25) is 0 Å². The van der Waals surface area contributed by atoms with Gasteiger partial charge < -0.3 is 9.84 Å². The molecule has 1 N–H and O–H groups in total. The first-order valence-corrected chi connectivity index (χ1v) is 15.7. The van der Waals surface area contributed by atoms with Gasteiger partial charge in [-0.1, -0.05) is 140 Å². The molecule has 0 aliphatic carbocycles. The number of carbonyl (C=O) groups is 1. The molecule has 202 valence electrons. The van der Waals surface area contributed by atoms with Crippen LogP contribution in [0.5, 0.6) is 5.75 Å². The van der Waals surface area contributed by atoms with Gasteiger partial charge in [0.2, 0.25) is 5.12 Å². The summed E-state index contributed by atoms with van der Waals surface area (Å²) in [7, 11) is 0. The summed E-state index contributed by atoms with van der Waals surface area (Å²) in [4.78, 5) is 12.4. The minimum Gasteiger partial charge on any atom is -0.507 e. The highest BCUT2D eigenvalue weighted by Crippen LogP contribution is 2.32. The highest BCUT2D eigenvalue weighted by atomic mass is 32.2. The fourth-order valence-corrected chi connectivity index (χ4v) is 5.38. The maximum atomic E-state index is 12.4. The van der Waals surface area contributed by atoms with Crippen LogP contribution in [0.1, 0.15) is 158 Å². The van der Waals surface area contributed by atoms with Crippen molar-refractivity contribution in [1.29, 1.82) is 0 Å². The lowest BCUT2D eigenvalue weighted by molar-refractivity contribution is 0.0610. The fraction of sp³-hybridized carbons (Fsp3) is 0.774. The van der Waals surface area contributed by atoms with Crippen molar-refractivity contribution in [2.24, 2.45) is 0 Å². The molecule has 0 saturated carbocycles. The largest absolute Gasteiger partial charge is 0.507 e. The minimum atomic E-state index is -0.209. The molecule has 0 fully saturated rings. The van der Waals surface area contributed by atoms with Crippen LogP contribution >= 0.6 is 11.8 Å². The van der Waals surface area contributed by atoms with Crippen LogP contribution in [0.4, 0.5) is 0 Å². The summed E-state index contributed by atoms with van der Waals surface area (Å²) < 4.78 is 5.98. The van der Waals surface area contributed by atoms with Crippen LogP contribution in [-0.4, -0.2) is 22.6 Å². The van der Waals surface area contributed by atoms with Gasteiger partial charge in [0, 0.05) is 17.9 Å². The molecule has 1 rings (SSSR count). The second kappa shape index (κ2) is 22.2. The summed E-state index contributed by atoms with van der Waals surface area (Å²) in [5.74, 6) is 0.880. The SMILES string of the molecule is CCCCCCCCCCCCCCCCCCO[C@@H](C)c1cccc(C(=O)SCCCC)c1O. The highest BCUT2D eigenvalue weighted by molar-refractivity contribution is 8.14. The van der Waals surface area contributed by atoms with Crippen LogP contribution in [0.3, 0.4) is 0 Å². The van der Waals surface area contributed by atoms with Gasteiger partial charge in [-0.25, -0.2) is 0 Å². The molecule has 0 bridgehead atoms. The Labute approximate surface area is 221 Å². The number of hydrogen-bond donors (Lipinski definition) is 1. The molecule has 0 radical (unpaired) electrons. The first-order chi connectivity index (χ1) is 17.1. The zero-order chi connectivity index (χ0) is 25.6. The molecule has 0 saturated heterocycles. The molecule has 0 unspecified atom stereocenters. The monoisotopic (exact) mass is 506 g/mol. The van der Waals surface area contributed by atoms with Gasteiger partial charge in [0.05, 0.1) is 11.7 Å². The van der Waals surface area contributed by atoms with Crippen molar-refractivity contribution in [3.05, 3.63) is 29.3 Å². The van der Waals surface area contributed by atoms with Crippen molar-refractivity contribution < 1.29 is 14.6 Å². The Balaban J connectivity index is 2.04. The summed E-state index contributed by atoms with van der Waals surface area (Å²) in [6.45, 7) is 7.05. The van der Waals surface area contributed by atoms with Crippen LogP contribution < -0.4 is 0 Å². The van der Waals surface area contributed by atoms with E-state index in [0.717, 1.165) is 25.0 Å². The maximum absolute atomic E-state index is 12.4. The zero-order valence-electron chi connectivity index (χ0n) is 23.1. The van der Waals surface area contributed by atoms with E-state index >= 15 is 0 Å². The Morgan fingerprint density at radius 2 is 1.26 bits per heavy atom. The minimum absolute atomic E-state index is 0.0530. The van der Waals surface area contributed by atoms with Gasteiger partial charge in [0.25, 0.3) is 0 Å². The van der Waals surface area contributed by atoms with Crippen LogP contribution in [0.25, 0.3) is 0 Å². The molecule has 0 heterocycles. The van der Waals surface area contributed by atoms with Gasteiger partial charge in [-0.05, 0) is 25.8 Å². The van der Waals surface area contributed by atoms with Gasteiger partial charge in [0.15, 0.2) is 0 Å². The molecule has 1 aromatic carbocycles. The molecule has 35 heavy (non-hydrogen) atoms. The molecule has 0 spiro atoms. The fourth-order valence-electron chi connectivity index (χ4n) is 4.44. The maximum Gasteiger partial charge on any atom is 0.223 e. The lowest BCUT2D eigenvalue weighted by atomic mass is 10.0. The number of thioether (sulfide) groups is 1. The van der Waals surface area contributed by atoms with Crippen LogP contribution in [0, 0.1) is 0 Å². The van der Waals surface area contributed by atoms with Gasteiger partial charge in [-0.3, -0.25) is 4.79 Å². The summed E-state index contributed by atoms with van der Waals surface area (Å²) in [6.07, 6.45) is 23.6. The molecular formula is C31H54O3S. The number of unbranched alkanes of at least 4 members (excludes halogenated alkanes) is 16. The van der Waals surface area contributed by atoms with E-state index in [0.29, 0.717) is 17.7 Å². The number of carbonyl (C=O) groups excluding carboxylic acids is 1. The molecule has 0 amide bonds. The average molecular weight is 507 g/mol. The molecular weight excluding hydrogens is 452 g/mol. The summed E-state index contributed by atoms with van der Waals surface area (Å²) in [5, 5.41) is 10.6.